The van der Waals surface area contributed by atoms with Crippen LogP contribution in [0.2, 0.25) is 0 Å². The third kappa shape index (κ3) is 4.08. The Morgan fingerprint density at radius 1 is 1.21 bits per heavy atom. The van der Waals surface area contributed by atoms with Gasteiger partial charge in [0.25, 0.3) is 5.91 Å². The molecule has 2 saturated heterocycles. The Morgan fingerprint density at radius 3 is 2.46 bits per heavy atom. The van der Waals surface area contributed by atoms with Crippen LogP contribution < -0.4 is 5.32 Å². The molecule has 8 heteroatoms. The average Bonchev–Trinajstić information content (AvgIpc) is 3.01. The number of amides is 2. The summed E-state index contributed by atoms with van der Waals surface area (Å²) < 4.78 is 5.55. The van der Waals surface area contributed by atoms with Crippen molar-refractivity contribution in [2.24, 2.45) is 0 Å². The highest BCUT2D eigenvalue weighted by molar-refractivity contribution is 7.13. The van der Waals surface area contributed by atoms with E-state index < -0.39 is 0 Å². The zero-order valence-corrected chi connectivity index (χ0v) is 15.6. The molecule has 0 bridgehead atoms. The van der Waals surface area contributed by atoms with E-state index in [-0.39, 0.29) is 36.4 Å². The largest absolute Gasteiger partial charge is 0.375 e. The van der Waals surface area contributed by atoms with Gasteiger partial charge in [-0.25, -0.2) is 0 Å². The van der Waals surface area contributed by atoms with E-state index in [2.05, 4.69) is 5.32 Å². The molecule has 3 rings (SSSR count). The molecule has 0 aliphatic carbocycles. The molecule has 2 aliphatic heterocycles. The number of halogens is 1. The first-order valence-electron chi connectivity index (χ1n) is 8.06. The normalized spacial score (nSPS) is 24.4. The number of morpholine rings is 1. The fourth-order valence-corrected chi connectivity index (χ4v) is 3.88. The number of hydrogen-bond donors (Lipinski definition) is 1. The van der Waals surface area contributed by atoms with Crippen LogP contribution in [-0.2, 0) is 9.53 Å². The number of thiophene rings is 1. The van der Waals surface area contributed by atoms with Crippen molar-refractivity contribution < 1.29 is 14.3 Å². The lowest BCUT2D eigenvalue weighted by Gasteiger charge is -2.38. The van der Waals surface area contributed by atoms with E-state index in [9.17, 15) is 9.59 Å². The van der Waals surface area contributed by atoms with Gasteiger partial charge in [-0.3, -0.25) is 9.59 Å². The Balaban J connectivity index is 0.00000208. The van der Waals surface area contributed by atoms with Gasteiger partial charge in [0.2, 0.25) is 5.91 Å². The van der Waals surface area contributed by atoms with E-state index in [1.165, 1.54) is 11.3 Å². The summed E-state index contributed by atoms with van der Waals surface area (Å²) in [5.41, 5.74) is 0. The van der Waals surface area contributed by atoms with Gasteiger partial charge >= 0.3 is 0 Å². The molecule has 2 atom stereocenters. The highest BCUT2D eigenvalue weighted by Gasteiger charge is 2.34. The molecule has 134 valence electrons. The molecular weight excluding hydrogens is 350 g/mol. The SMILES string of the molecule is Cc1ccc(C(=O)N2CCN(C(=O)[C@H]3NCCO[C@@H]3C)CC2)s1.Cl. The van der Waals surface area contributed by atoms with Gasteiger partial charge in [0, 0.05) is 37.6 Å². The average molecular weight is 374 g/mol. The standard InChI is InChI=1S/C16H23N3O3S.ClH/c1-11-3-4-13(23-11)15(20)18-6-8-19(9-7-18)16(21)14-12(2)22-10-5-17-14;/h3-4,12,14,17H,5-10H2,1-2H3;1H/t12-,14+;/m1./s1. The maximum atomic E-state index is 12.6. The predicted octanol–water partition coefficient (Wildman–Crippen LogP) is 1.14. The molecule has 0 radical (unpaired) electrons. The fourth-order valence-electron chi connectivity index (χ4n) is 3.04. The summed E-state index contributed by atoms with van der Waals surface area (Å²) in [6.07, 6.45) is -0.106. The zero-order chi connectivity index (χ0) is 16.4. The van der Waals surface area contributed by atoms with Gasteiger partial charge in [-0.1, -0.05) is 0 Å². The number of carbonyl (C=O) groups is 2. The monoisotopic (exact) mass is 373 g/mol. The van der Waals surface area contributed by atoms with E-state index >= 15 is 0 Å². The molecule has 1 N–H and O–H groups in total. The molecule has 2 aliphatic rings. The number of hydrogen-bond acceptors (Lipinski definition) is 5. The quantitative estimate of drug-likeness (QED) is 0.844. The van der Waals surface area contributed by atoms with Crippen molar-refractivity contribution in [1.29, 1.82) is 0 Å². The van der Waals surface area contributed by atoms with Crippen molar-refractivity contribution in [2.75, 3.05) is 39.3 Å². The van der Waals surface area contributed by atoms with E-state index in [1.54, 1.807) is 0 Å². The highest BCUT2D eigenvalue weighted by Crippen LogP contribution is 2.18. The Morgan fingerprint density at radius 2 is 1.88 bits per heavy atom. The van der Waals surface area contributed by atoms with Gasteiger partial charge in [-0.15, -0.1) is 23.7 Å². The van der Waals surface area contributed by atoms with Gasteiger partial charge in [0.1, 0.15) is 6.04 Å². The second kappa shape index (κ2) is 8.29. The summed E-state index contributed by atoms with van der Waals surface area (Å²) in [5.74, 6) is 0.152. The molecule has 2 fully saturated rings. The molecule has 24 heavy (non-hydrogen) atoms. The summed E-state index contributed by atoms with van der Waals surface area (Å²) in [6, 6.07) is 3.57. The third-order valence-corrected chi connectivity index (χ3v) is 5.40. The predicted molar refractivity (Wildman–Crippen MR) is 96.0 cm³/mol. The summed E-state index contributed by atoms with van der Waals surface area (Å²) in [5, 5.41) is 3.23. The first-order chi connectivity index (χ1) is 11.1. The van der Waals surface area contributed by atoms with Crippen LogP contribution >= 0.6 is 23.7 Å². The van der Waals surface area contributed by atoms with Crippen LogP contribution in [-0.4, -0.2) is 73.1 Å². The van der Waals surface area contributed by atoms with E-state index in [4.69, 9.17) is 4.74 Å². The maximum absolute atomic E-state index is 12.6. The lowest BCUT2D eigenvalue weighted by atomic mass is 10.1. The van der Waals surface area contributed by atoms with Gasteiger partial charge in [0.15, 0.2) is 0 Å². The van der Waals surface area contributed by atoms with Crippen LogP contribution in [0.4, 0.5) is 0 Å². The van der Waals surface area contributed by atoms with Crippen LogP contribution in [0.15, 0.2) is 12.1 Å². The molecule has 0 aromatic carbocycles. The zero-order valence-electron chi connectivity index (χ0n) is 14.0. The van der Waals surface area contributed by atoms with Crippen molar-refractivity contribution in [3.05, 3.63) is 21.9 Å². The van der Waals surface area contributed by atoms with Crippen LogP contribution in [0, 0.1) is 6.92 Å². The Bertz CT molecular complexity index is 587. The van der Waals surface area contributed by atoms with Gasteiger partial charge in [0.05, 0.1) is 17.6 Å². The molecule has 0 saturated carbocycles. The molecule has 0 unspecified atom stereocenters. The summed E-state index contributed by atoms with van der Waals surface area (Å²) in [7, 11) is 0. The van der Waals surface area contributed by atoms with Crippen molar-refractivity contribution in [1.82, 2.24) is 15.1 Å². The fraction of sp³-hybridized carbons (Fsp3) is 0.625. The highest BCUT2D eigenvalue weighted by atomic mass is 35.5. The van der Waals surface area contributed by atoms with Crippen LogP contribution in [0.1, 0.15) is 21.5 Å². The number of aryl methyl sites for hydroxylation is 1. The number of piperazine rings is 1. The summed E-state index contributed by atoms with van der Waals surface area (Å²) >= 11 is 1.52. The second-order valence-corrected chi connectivity index (χ2v) is 7.32. The molecule has 1 aromatic rings. The first-order valence-corrected chi connectivity index (χ1v) is 8.87. The Kier molecular flexibility index (Phi) is 6.62. The van der Waals surface area contributed by atoms with Crippen molar-refractivity contribution in [3.8, 4) is 0 Å². The number of carbonyl (C=O) groups excluding carboxylic acids is 2. The molecule has 0 spiro atoms. The minimum absolute atomic E-state index is 0. The van der Waals surface area contributed by atoms with Crippen molar-refractivity contribution in [3.63, 3.8) is 0 Å². The van der Waals surface area contributed by atoms with Crippen LogP contribution in [0.5, 0.6) is 0 Å². The van der Waals surface area contributed by atoms with Crippen molar-refractivity contribution in [2.45, 2.75) is 26.0 Å². The minimum atomic E-state index is -0.272. The first kappa shape index (κ1) is 19.2. The lowest BCUT2D eigenvalue weighted by molar-refractivity contribution is -0.140. The van der Waals surface area contributed by atoms with Gasteiger partial charge in [-0.05, 0) is 26.0 Å². The van der Waals surface area contributed by atoms with Gasteiger partial charge in [-0.2, -0.15) is 0 Å². The van der Waals surface area contributed by atoms with Crippen LogP contribution in [0.3, 0.4) is 0 Å². The van der Waals surface area contributed by atoms with E-state index in [0.29, 0.717) is 39.3 Å². The van der Waals surface area contributed by atoms with Crippen LogP contribution in [0.25, 0.3) is 0 Å². The smallest absolute Gasteiger partial charge is 0.264 e. The Hall–Kier alpha value is -1.15. The van der Waals surface area contributed by atoms with E-state index in [1.807, 2.05) is 35.8 Å². The van der Waals surface area contributed by atoms with E-state index in [0.717, 1.165) is 9.75 Å². The number of rotatable bonds is 2. The lowest BCUT2D eigenvalue weighted by Crippen LogP contribution is -2.60. The van der Waals surface area contributed by atoms with Gasteiger partial charge < -0.3 is 19.9 Å². The number of ether oxygens (including phenoxy) is 1. The molecular formula is C16H24ClN3O3S. The number of nitrogens with one attached hydrogen (secondary N) is 1. The minimum Gasteiger partial charge on any atom is -0.375 e. The molecule has 1 aromatic heterocycles. The summed E-state index contributed by atoms with van der Waals surface area (Å²) in [4.78, 5) is 30.6. The maximum Gasteiger partial charge on any atom is 0.264 e. The van der Waals surface area contributed by atoms with Crippen molar-refractivity contribution >= 4 is 35.6 Å². The second-order valence-electron chi connectivity index (χ2n) is 6.04. The third-order valence-electron chi connectivity index (χ3n) is 4.41. The molecule has 2 amide bonds. The number of nitrogens with zero attached hydrogens (tertiary/aromatic N) is 2. The molecule has 6 nitrogen and oxygen atoms in total. The Labute approximate surface area is 152 Å². The topological polar surface area (TPSA) is 61.9 Å². The molecule has 3 heterocycles. The summed E-state index contributed by atoms with van der Waals surface area (Å²) in [6.45, 7) is 7.61.